The zero-order chi connectivity index (χ0) is 15.9. The molecule has 1 aliphatic rings. The van der Waals surface area contributed by atoms with Gasteiger partial charge in [0.15, 0.2) is 0 Å². The first kappa shape index (κ1) is 15.3. The molecule has 1 atom stereocenters. The summed E-state index contributed by atoms with van der Waals surface area (Å²) in [5, 5.41) is 4.94. The standard InChI is InChI=1S/C15H21N5OS/c1-9-10(2)16-14-17-15(18-20(14)11(9)3)22-12(4)13(21)19-7-5-6-8-19/h12H,5-8H2,1-4H3. The van der Waals surface area contributed by atoms with Crippen molar-refractivity contribution >= 4 is 23.4 Å². The van der Waals surface area contributed by atoms with E-state index in [4.69, 9.17) is 0 Å². The second-order valence-electron chi connectivity index (χ2n) is 5.81. The molecule has 1 fully saturated rings. The van der Waals surface area contributed by atoms with Gasteiger partial charge in [0.05, 0.1) is 5.25 Å². The molecule has 7 heteroatoms. The Kier molecular flexibility index (Phi) is 4.08. The van der Waals surface area contributed by atoms with Crippen LogP contribution in [0.2, 0.25) is 0 Å². The highest BCUT2D eigenvalue weighted by Crippen LogP contribution is 2.24. The Labute approximate surface area is 134 Å². The fourth-order valence-electron chi connectivity index (χ4n) is 2.69. The molecule has 0 aromatic carbocycles. The molecular formula is C15H21N5OS. The third-order valence-electron chi connectivity index (χ3n) is 4.29. The Morgan fingerprint density at radius 1 is 1.18 bits per heavy atom. The number of rotatable bonds is 3. The van der Waals surface area contributed by atoms with E-state index in [1.165, 1.54) is 11.8 Å². The predicted molar refractivity (Wildman–Crippen MR) is 86.1 cm³/mol. The highest BCUT2D eigenvalue weighted by molar-refractivity contribution is 8.00. The van der Waals surface area contributed by atoms with Crippen LogP contribution in [0.15, 0.2) is 5.16 Å². The van der Waals surface area contributed by atoms with Crippen molar-refractivity contribution < 1.29 is 4.79 Å². The van der Waals surface area contributed by atoms with Crippen LogP contribution in [-0.2, 0) is 4.79 Å². The van der Waals surface area contributed by atoms with Gasteiger partial charge in [-0.3, -0.25) is 4.79 Å². The third-order valence-corrected chi connectivity index (χ3v) is 5.23. The first-order valence-corrected chi connectivity index (χ1v) is 8.51. The van der Waals surface area contributed by atoms with Crippen molar-refractivity contribution in [1.82, 2.24) is 24.5 Å². The molecule has 0 aliphatic carbocycles. The number of hydrogen-bond donors (Lipinski definition) is 0. The highest BCUT2D eigenvalue weighted by atomic mass is 32.2. The molecule has 0 saturated carbocycles. The average Bonchev–Trinajstić information content (AvgIpc) is 3.13. The fourth-order valence-corrected chi connectivity index (χ4v) is 3.52. The van der Waals surface area contributed by atoms with Crippen LogP contribution in [0.5, 0.6) is 0 Å². The second-order valence-corrected chi connectivity index (χ2v) is 7.11. The largest absolute Gasteiger partial charge is 0.342 e. The number of carbonyl (C=O) groups excluding carboxylic acids is 1. The maximum atomic E-state index is 12.4. The van der Waals surface area contributed by atoms with Crippen LogP contribution in [0.25, 0.3) is 5.78 Å². The summed E-state index contributed by atoms with van der Waals surface area (Å²) in [6.07, 6.45) is 2.22. The number of thioether (sulfide) groups is 1. The number of aromatic nitrogens is 4. The van der Waals surface area contributed by atoms with E-state index >= 15 is 0 Å². The normalized spacial score (nSPS) is 16.5. The van der Waals surface area contributed by atoms with Crippen LogP contribution in [0.1, 0.15) is 36.7 Å². The summed E-state index contributed by atoms with van der Waals surface area (Å²) in [7, 11) is 0. The molecule has 22 heavy (non-hydrogen) atoms. The SMILES string of the molecule is Cc1nc2nc(SC(C)C(=O)N3CCCC3)nn2c(C)c1C. The van der Waals surface area contributed by atoms with Gasteiger partial charge in [0.25, 0.3) is 5.78 Å². The monoisotopic (exact) mass is 319 g/mol. The Morgan fingerprint density at radius 3 is 2.55 bits per heavy atom. The summed E-state index contributed by atoms with van der Waals surface area (Å²) in [5.41, 5.74) is 3.13. The summed E-state index contributed by atoms with van der Waals surface area (Å²) in [6, 6.07) is 0. The summed E-state index contributed by atoms with van der Waals surface area (Å²) in [6.45, 7) is 9.70. The maximum absolute atomic E-state index is 12.4. The Balaban J connectivity index is 1.82. The average molecular weight is 319 g/mol. The second kappa shape index (κ2) is 5.87. The van der Waals surface area contributed by atoms with Crippen molar-refractivity contribution in [3.63, 3.8) is 0 Å². The van der Waals surface area contributed by atoms with E-state index in [9.17, 15) is 4.79 Å². The minimum atomic E-state index is -0.169. The van der Waals surface area contributed by atoms with E-state index in [0.29, 0.717) is 10.9 Å². The maximum Gasteiger partial charge on any atom is 0.253 e. The fraction of sp³-hybridized carbons (Fsp3) is 0.600. The van der Waals surface area contributed by atoms with Crippen molar-refractivity contribution in [2.24, 2.45) is 0 Å². The van der Waals surface area contributed by atoms with Gasteiger partial charge in [-0.25, -0.2) is 9.50 Å². The molecule has 2 aromatic heterocycles. The van der Waals surface area contributed by atoms with Gasteiger partial charge in [0.1, 0.15) is 0 Å². The molecule has 0 N–H and O–H groups in total. The van der Waals surface area contributed by atoms with Crippen molar-refractivity contribution in [3.05, 3.63) is 17.0 Å². The summed E-state index contributed by atoms with van der Waals surface area (Å²) in [4.78, 5) is 23.2. The minimum Gasteiger partial charge on any atom is -0.342 e. The molecule has 1 amide bonds. The molecule has 1 aliphatic heterocycles. The van der Waals surface area contributed by atoms with E-state index in [-0.39, 0.29) is 11.2 Å². The van der Waals surface area contributed by atoms with E-state index in [1.807, 2.05) is 32.6 Å². The minimum absolute atomic E-state index is 0.169. The summed E-state index contributed by atoms with van der Waals surface area (Å²) >= 11 is 1.41. The van der Waals surface area contributed by atoms with E-state index in [0.717, 1.165) is 42.9 Å². The van der Waals surface area contributed by atoms with E-state index in [2.05, 4.69) is 15.1 Å². The molecule has 0 spiro atoms. The lowest BCUT2D eigenvalue weighted by Crippen LogP contribution is -2.34. The number of fused-ring (bicyclic) bond motifs is 1. The van der Waals surface area contributed by atoms with Gasteiger partial charge in [0.2, 0.25) is 11.1 Å². The van der Waals surface area contributed by atoms with Gasteiger partial charge in [-0.2, -0.15) is 4.98 Å². The molecule has 2 aromatic rings. The van der Waals surface area contributed by atoms with Gasteiger partial charge in [0, 0.05) is 24.5 Å². The van der Waals surface area contributed by atoms with Crippen molar-refractivity contribution in [2.45, 2.75) is 50.9 Å². The number of likely N-dealkylation sites (tertiary alicyclic amines) is 1. The molecule has 1 saturated heterocycles. The molecule has 3 rings (SSSR count). The van der Waals surface area contributed by atoms with E-state index < -0.39 is 0 Å². The van der Waals surface area contributed by atoms with Crippen molar-refractivity contribution in [1.29, 1.82) is 0 Å². The van der Waals surface area contributed by atoms with Crippen LogP contribution < -0.4 is 0 Å². The molecule has 1 unspecified atom stereocenters. The van der Waals surface area contributed by atoms with Crippen LogP contribution >= 0.6 is 11.8 Å². The van der Waals surface area contributed by atoms with Gasteiger partial charge in [-0.1, -0.05) is 11.8 Å². The molecule has 6 nitrogen and oxygen atoms in total. The Bertz CT molecular complexity index is 720. The van der Waals surface area contributed by atoms with Crippen molar-refractivity contribution in [2.75, 3.05) is 13.1 Å². The number of aryl methyl sites for hydroxylation is 2. The number of nitrogens with zero attached hydrogens (tertiary/aromatic N) is 5. The van der Waals surface area contributed by atoms with E-state index in [1.54, 1.807) is 4.52 Å². The first-order valence-electron chi connectivity index (χ1n) is 7.63. The smallest absolute Gasteiger partial charge is 0.253 e. The predicted octanol–water partition coefficient (Wildman–Crippen LogP) is 2.15. The first-order chi connectivity index (χ1) is 10.5. The van der Waals surface area contributed by atoms with Gasteiger partial charge >= 0.3 is 0 Å². The lowest BCUT2D eigenvalue weighted by molar-refractivity contribution is -0.129. The van der Waals surface area contributed by atoms with Crippen LogP contribution in [0, 0.1) is 20.8 Å². The molecule has 3 heterocycles. The Hall–Kier alpha value is -1.63. The van der Waals surface area contributed by atoms with Crippen molar-refractivity contribution in [3.8, 4) is 0 Å². The zero-order valence-corrected chi connectivity index (χ0v) is 14.3. The zero-order valence-electron chi connectivity index (χ0n) is 13.5. The molecular weight excluding hydrogens is 298 g/mol. The lowest BCUT2D eigenvalue weighted by Gasteiger charge is -2.18. The van der Waals surface area contributed by atoms with Gasteiger partial charge < -0.3 is 4.90 Å². The quantitative estimate of drug-likeness (QED) is 0.811. The number of hydrogen-bond acceptors (Lipinski definition) is 5. The highest BCUT2D eigenvalue weighted by Gasteiger charge is 2.25. The molecule has 0 radical (unpaired) electrons. The summed E-state index contributed by atoms with van der Waals surface area (Å²) < 4.78 is 1.76. The number of carbonyl (C=O) groups is 1. The van der Waals surface area contributed by atoms with Crippen LogP contribution in [-0.4, -0.2) is 48.7 Å². The third kappa shape index (κ3) is 2.69. The van der Waals surface area contributed by atoms with Gasteiger partial charge in [-0.05, 0) is 46.1 Å². The lowest BCUT2D eigenvalue weighted by atomic mass is 10.2. The topological polar surface area (TPSA) is 63.4 Å². The van der Waals surface area contributed by atoms with Crippen LogP contribution in [0.3, 0.4) is 0 Å². The van der Waals surface area contributed by atoms with Gasteiger partial charge in [-0.15, -0.1) is 5.10 Å². The Morgan fingerprint density at radius 2 is 1.86 bits per heavy atom. The molecule has 118 valence electrons. The number of amides is 1. The summed E-state index contributed by atoms with van der Waals surface area (Å²) in [5.74, 6) is 0.780. The molecule has 0 bridgehead atoms. The van der Waals surface area contributed by atoms with Crippen LogP contribution in [0.4, 0.5) is 0 Å².